The molecular formula is C17H19ClN2OS. The first-order valence-corrected chi connectivity index (χ1v) is 8.73. The molecule has 0 aliphatic carbocycles. The molecule has 1 aliphatic heterocycles. The van der Waals surface area contributed by atoms with E-state index in [1.807, 2.05) is 19.1 Å². The van der Waals surface area contributed by atoms with Crippen molar-refractivity contribution in [3.8, 4) is 0 Å². The van der Waals surface area contributed by atoms with E-state index in [2.05, 4.69) is 27.7 Å². The Labute approximate surface area is 139 Å². The lowest BCUT2D eigenvalue weighted by molar-refractivity contribution is -0.117. The fourth-order valence-corrected chi connectivity index (χ4v) is 3.99. The van der Waals surface area contributed by atoms with E-state index in [9.17, 15) is 4.79 Å². The first-order valence-electron chi connectivity index (χ1n) is 7.47. The van der Waals surface area contributed by atoms with E-state index in [0.29, 0.717) is 17.6 Å². The minimum absolute atomic E-state index is 0.0221. The number of hydrogen-bond donors (Lipinski definition) is 1. The van der Waals surface area contributed by atoms with Gasteiger partial charge >= 0.3 is 0 Å². The Morgan fingerprint density at radius 3 is 3.09 bits per heavy atom. The Morgan fingerprint density at radius 1 is 1.45 bits per heavy atom. The molecule has 1 aliphatic rings. The molecule has 0 saturated carbocycles. The lowest BCUT2D eigenvalue weighted by Crippen LogP contribution is -2.32. The Morgan fingerprint density at radius 2 is 2.32 bits per heavy atom. The van der Waals surface area contributed by atoms with Crippen LogP contribution in [0.3, 0.4) is 0 Å². The van der Waals surface area contributed by atoms with Crippen LogP contribution in [0.25, 0.3) is 0 Å². The Balaban J connectivity index is 1.65. The zero-order valence-corrected chi connectivity index (χ0v) is 14.1. The largest absolute Gasteiger partial charge is 0.325 e. The van der Waals surface area contributed by atoms with Crippen LogP contribution in [-0.4, -0.2) is 23.9 Å². The highest BCUT2D eigenvalue weighted by Crippen LogP contribution is 2.34. The molecule has 3 nitrogen and oxygen atoms in total. The third-order valence-electron chi connectivity index (χ3n) is 4.06. The second-order valence-electron chi connectivity index (χ2n) is 5.65. The number of anilines is 1. The van der Waals surface area contributed by atoms with Crippen molar-refractivity contribution < 1.29 is 4.79 Å². The summed E-state index contributed by atoms with van der Waals surface area (Å²) in [6.07, 6.45) is 2.27. The van der Waals surface area contributed by atoms with Gasteiger partial charge in [0.05, 0.1) is 6.54 Å². The van der Waals surface area contributed by atoms with Gasteiger partial charge in [-0.15, -0.1) is 11.3 Å². The summed E-state index contributed by atoms with van der Waals surface area (Å²) in [6.45, 7) is 3.37. The summed E-state index contributed by atoms with van der Waals surface area (Å²) in [5, 5.41) is 5.72. The van der Waals surface area contributed by atoms with Gasteiger partial charge in [0.25, 0.3) is 0 Å². The van der Waals surface area contributed by atoms with Gasteiger partial charge in [0.2, 0.25) is 5.91 Å². The summed E-state index contributed by atoms with van der Waals surface area (Å²) in [4.78, 5) is 16.0. The highest BCUT2D eigenvalue weighted by atomic mass is 35.5. The maximum absolute atomic E-state index is 12.4. The van der Waals surface area contributed by atoms with Crippen LogP contribution in [0.4, 0.5) is 5.69 Å². The van der Waals surface area contributed by atoms with Crippen LogP contribution in [-0.2, 0) is 4.79 Å². The summed E-state index contributed by atoms with van der Waals surface area (Å²) < 4.78 is 0. The topological polar surface area (TPSA) is 32.3 Å². The number of benzene rings is 1. The van der Waals surface area contributed by atoms with Gasteiger partial charge in [-0.1, -0.05) is 23.7 Å². The second kappa shape index (κ2) is 6.82. The molecule has 1 aromatic heterocycles. The quantitative estimate of drug-likeness (QED) is 0.893. The molecule has 1 saturated heterocycles. The van der Waals surface area contributed by atoms with E-state index in [0.717, 1.165) is 30.6 Å². The zero-order chi connectivity index (χ0) is 15.5. The average molecular weight is 335 g/mol. The van der Waals surface area contributed by atoms with Crippen molar-refractivity contribution in [2.75, 3.05) is 18.4 Å². The monoisotopic (exact) mass is 334 g/mol. The minimum Gasteiger partial charge on any atom is -0.325 e. The van der Waals surface area contributed by atoms with Crippen molar-refractivity contribution in [3.63, 3.8) is 0 Å². The SMILES string of the molecule is Cc1ccc(Cl)cc1NC(=O)CN1CCC[C@H]1c1cccs1. The Kier molecular flexibility index (Phi) is 4.81. The molecule has 0 unspecified atom stereocenters. The van der Waals surface area contributed by atoms with E-state index in [1.165, 1.54) is 4.88 Å². The van der Waals surface area contributed by atoms with Crippen LogP contribution in [0, 0.1) is 6.92 Å². The number of thiophene rings is 1. The van der Waals surface area contributed by atoms with Gasteiger partial charge in [-0.05, 0) is 55.5 Å². The van der Waals surface area contributed by atoms with Crippen molar-refractivity contribution in [1.29, 1.82) is 0 Å². The van der Waals surface area contributed by atoms with Gasteiger partial charge in [0.1, 0.15) is 0 Å². The number of amides is 1. The summed E-state index contributed by atoms with van der Waals surface area (Å²) in [5.41, 5.74) is 1.82. The molecular weight excluding hydrogens is 316 g/mol. The molecule has 5 heteroatoms. The number of nitrogens with zero attached hydrogens (tertiary/aromatic N) is 1. The summed E-state index contributed by atoms with van der Waals surface area (Å²) in [5.74, 6) is 0.0221. The average Bonchev–Trinajstić information content (AvgIpc) is 3.13. The Bertz CT molecular complexity index is 657. The van der Waals surface area contributed by atoms with Crippen LogP contribution >= 0.6 is 22.9 Å². The number of halogens is 1. The Hall–Kier alpha value is -1.36. The van der Waals surface area contributed by atoms with Gasteiger partial charge in [0.15, 0.2) is 0 Å². The van der Waals surface area contributed by atoms with Crippen LogP contribution in [0.1, 0.15) is 29.3 Å². The van der Waals surface area contributed by atoms with Crippen LogP contribution in [0.5, 0.6) is 0 Å². The van der Waals surface area contributed by atoms with Crippen molar-refractivity contribution >= 4 is 34.5 Å². The maximum Gasteiger partial charge on any atom is 0.238 e. The zero-order valence-electron chi connectivity index (χ0n) is 12.5. The summed E-state index contributed by atoms with van der Waals surface area (Å²) in [7, 11) is 0. The number of likely N-dealkylation sites (tertiary alicyclic amines) is 1. The van der Waals surface area contributed by atoms with Gasteiger partial charge in [0, 0.05) is 21.6 Å². The number of carbonyl (C=O) groups excluding carboxylic acids is 1. The summed E-state index contributed by atoms with van der Waals surface area (Å²) in [6, 6.07) is 10.2. The molecule has 2 aromatic rings. The van der Waals surface area contributed by atoms with Crippen LogP contribution in [0.2, 0.25) is 5.02 Å². The fourth-order valence-electron chi connectivity index (χ4n) is 2.92. The number of nitrogens with one attached hydrogen (secondary N) is 1. The van der Waals surface area contributed by atoms with E-state index in [4.69, 9.17) is 11.6 Å². The normalized spacial score (nSPS) is 18.5. The third-order valence-corrected chi connectivity index (χ3v) is 5.26. The molecule has 1 aromatic carbocycles. The molecule has 0 radical (unpaired) electrons. The number of rotatable bonds is 4. The molecule has 116 valence electrons. The lowest BCUT2D eigenvalue weighted by atomic mass is 10.2. The van der Waals surface area contributed by atoms with Crippen molar-refractivity contribution in [2.45, 2.75) is 25.8 Å². The van der Waals surface area contributed by atoms with Crippen LogP contribution in [0.15, 0.2) is 35.7 Å². The predicted octanol–water partition coefficient (Wildman–Crippen LogP) is 4.49. The van der Waals surface area contributed by atoms with Gasteiger partial charge < -0.3 is 5.32 Å². The van der Waals surface area contributed by atoms with E-state index >= 15 is 0 Å². The van der Waals surface area contributed by atoms with E-state index in [-0.39, 0.29) is 5.91 Å². The van der Waals surface area contributed by atoms with Gasteiger partial charge in [-0.25, -0.2) is 0 Å². The lowest BCUT2D eigenvalue weighted by Gasteiger charge is -2.23. The first kappa shape index (κ1) is 15.5. The molecule has 0 bridgehead atoms. The molecule has 0 spiro atoms. The minimum atomic E-state index is 0.0221. The number of aryl methyl sites for hydroxylation is 1. The molecule has 3 rings (SSSR count). The standard InChI is InChI=1S/C17H19ClN2OS/c1-12-6-7-13(18)10-14(12)19-17(21)11-20-8-2-4-15(20)16-5-3-9-22-16/h3,5-7,9-10,15H,2,4,8,11H2,1H3,(H,19,21)/t15-/m0/s1. The number of carbonyl (C=O) groups is 1. The number of hydrogen-bond acceptors (Lipinski definition) is 3. The van der Waals surface area contributed by atoms with Gasteiger partial charge in [-0.3, -0.25) is 9.69 Å². The van der Waals surface area contributed by atoms with Gasteiger partial charge in [-0.2, -0.15) is 0 Å². The highest BCUT2D eigenvalue weighted by Gasteiger charge is 2.28. The first-order chi connectivity index (χ1) is 10.6. The molecule has 1 N–H and O–H groups in total. The van der Waals surface area contributed by atoms with Crippen LogP contribution < -0.4 is 5.32 Å². The fraction of sp³-hybridized carbons (Fsp3) is 0.353. The highest BCUT2D eigenvalue weighted by molar-refractivity contribution is 7.10. The molecule has 1 atom stereocenters. The van der Waals surface area contributed by atoms with Crippen molar-refractivity contribution in [2.24, 2.45) is 0 Å². The maximum atomic E-state index is 12.4. The predicted molar refractivity (Wildman–Crippen MR) is 92.7 cm³/mol. The molecule has 2 heterocycles. The molecule has 22 heavy (non-hydrogen) atoms. The van der Waals surface area contributed by atoms with E-state index in [1.54, 1.807) is 17.4 Å². The molecule has 1 amide bonds. The summed E-state index contributed by atoms with van der Waals surface area (Å²) >= 11 is 7.77. The van der Waals surface area contributed by atoms with Crippen molar-refractivity contribution in [3.05, 3.63) is 51.2 Å². The smallest absolute Gasteiger partial charge is 0.238 e. The second-order valence-corrected chi connectivity index (χ2v) is 7.07. The van der Waals surface area contributed by atoms with Crippen molar-refractivity contribution in [1.82, 2.24) is 4.90 Å². The van der Waals surface area contributed by atoms with E-state index < -0.39 is 0 Å². The third kappa shape index (κ3) is 3.51. The molecule has 1 fully saturated rings.